The lowest BCUT2D eigenvalue weighted by Gasteiger charge is -2.16. The number of rotatable bonds is 6. The predicted molar refractivity (Wildman–Crippen MR) is 99.7 cm³/mol. The van der Waals surface area contributed by atoms with E-state index in [9.17, 15) is 4.79 Å². The number of aromatic amines is 1. The zero-order valence-corrected chi connectivity index (χ0v) is 15.1. The van der Waals surface area contributed by atoms with Crippen molar-refractivity contribution in [3.05, 3.63) is 76.6 Å². The second-order valence-electron chi connectivity index (χ2n) is 5.48. The molecule has 1 aromatic heterocycles. The molecule has 25 heavy (non-hydrogen) atoms. The molecule has 2 aromatic carbocycles. The molecule has 1 atom stereocenters. The molecule has 0 bridgehead atoms. The van der Waals surface area contributed by atoms with Crippen LogP contribution in [0.25, 0.3) is 0 Å². The van der Waals surface area contributed by atoms with E-state index < -0.39 is 0 Å². The van der Waals surface area contributed by atoms with E-state index in [4.69, 9.17) is 11.6 Å². The Hall–Kier alpha value is -2.31. The molecule has 128 valence electrons. The number of carbonyl (C=O) groups is 1. The zero-order valence-electron chi connectivity index (χ0n) is 13.6. The molecule has 0 aliphatic rings. The quantitative estimate of drug-likeness (QED) is 0.635. The first-order valence-electron chi connectivity index (χ1n) is 7.76. The summed E-state index contributed by atoms with van der Waals surface area (Å²) in [5.41, 5.74) is 2.62. The number of nitrogens with zero attached hydrogens (tertiary/aromatic N) is 2. The van der Waals surface area contributed by atoms with Gasteiger partial charge in [0.05, 0.1) is 6.04 Å². The van der Waals surface area contributed by atoms with Crippen molar-refractivity contribution in [3.8, 4) is 0 Å². The van der Waals surface area contributed by atoms with Crippen molar-refractivity contribution < 1.29 is 4.79 Å². The highest BCUT2D eigenvalue weighted by Gasteiger charge is 2.15. The zero-order chi connectivity index (χ0) is 17.6. The molecule has 5 nitrogen and oxygen atoms in total. The lowest BCUT2D eigenvalue weighted by molar-refractivity contribution is 0.0939. The van der Waals surface area contributed by atoms with Gasteiger partial charge in [0.15, 0.2) is 5.16 Å². The molecule has 2 N–H and O–H groups in total. The summed E-state index contributed by atoms with van der Waals surface area (Å²) < 4.78 is 0. The Kier molecular flexibility index (Phi) is 5.73. The van der Waals surface area contributed by atoms with Gasteiger partial charge in [0.1, 0.15) is 6.33 Å². The predicted octanol–water partition coefficient (Wildman–Crippen LogP) is 4.24. The maximum Gasteiger partial charge on any atom is 0.252 e. The van der Waals surface area contributed by atoms with Crippen molar-refractivity contribution in [2.75, 3.05) is 0 Å². The van der Waals surface area contributed by atoms with Gasteiger partial charge in [-0.2, -0.15) is 5.10 Å². The van der Waals surface area contributed by atoms with Crippen molar-refractivity contribution in [3.63, 3.8) is 0 Å². The first-order chi connectivity index (χ1) is 12.1. The number of hydrogen-bond donors (Lipinski definition) is 2. The van der Waals surface area contributed by atoms with Crippen LogP contribution in [-0.2, 0) is 5.75 Å². The third kappa shape index (κ3) is 4.61. The highest BCUT2D eigenvalue weighted by molar-refractivity contribution is 7.98. The maximum absolute atomic E-state index is 12.7. The van der Waals surface area contributed by atoms with E-state index in [1.807, 2.05) is 55.5 Å². The molecule has 0 aliphatic heterocycles. The molecule has 0 saturated heterocycles. The molecule has 0 saturated carbocycles. The number of benzene rings is 2. The summed E-state index contributed by atoms with van der Waals surface area (Å²) >= 11 is 7.42. The number of carbonyl (C=O) groups excluding carboxylic acids is 1. The molecule has 1 amide bonds. The van der Waals surface area contributed by atoms with E-state index in [1.54, 1.807) is 0 Å². The van der Waals surface area contributed by atoms with Crippen LogP contribution in [0, 0.1) is 0 Å². The van der Waals surface area contributed by atoms with Gasteiger partial charge < -0.3 is 5.32 Å². The minimum absolute atomic E-state index is 0.101. The highest BCUT2D eigenvalue weighted by Crippen LogP contribution is 2.22. The Morgan fingerprint density at radius 1 is 1.24 bits per heavy atom. The van der Waals surface area contributed by atoms with Crippen molar-refractivity contribution in [1.29, 1.82) is 0 Å². The minimum atomic E-state index is -0.111. The Morgan fingerprint density at radius 2 is 2.00 bits per heavy atom. The van der Waals surface area contributed by atoms with Gasteiger partial charge in [0, 0.05) is 16.3 Å². The normalized spacial score (nSPS) is 11.9. The van der Waals surface area contributed by atoms with Crippen molar-refractivity contribution in [2.24, 2.45) is 0 Å². The van der Waals surface area contributed by atoms with Gasteiger partial charge in [0.2, 0.25) is 0 Å². The summed E-state index contributed by atoms with van der Waals surface area (Å²) in [6, 6.07) is 14.9. The Morgan fingerprint density at radius 3 is 2.72 bits per heavy atom. The van der Waals surface area contributed by atoms with Gasteiger partial charge >= 0.3 is 0 Å². The molecular weight excluding hydrogens is 356 g/mol. The van der Waals surface area contributed by atoms with Gasteiger partial charge in [0.25, 0.3) is 5.91 Å². The van der Waals surface area contributed by atoms with Gasteiger partial charge in [-0.25, -0.2) is 4.98 Å². The number of aromatic nitrogens is 3. The largest absolute Gasteiger partial charge is 0.346 e. The van der Waals surface area contributed by atoms with Gasteiger partial charge in [-0.15, -0.1) is 0 Å². The van der Waals surface area contributed by atoms with Crippen LogP contribution in [0.2, 0.25) is 5.02 Å². The van der Waals surface area contributed by atoms with Crippen LogP contribution in [0.5, 0.6) is 0 Å². The fraction of sp³-hybridized carbons (Fsp3) is 0.167. The first-order valence-corrected chi connectivity index (χ1v) is 9.12. The van der Waals surface area contributed by atoms with Gasteiger partial charge in [-0.3, -0.25) is 9.89 Å². The maximum atomic E-state index is 12.7. The third-order valence-corrected chi connectivity index (χ3v) is 4.91. The van der Waals surface area contributed by atoms with Gasteiger partial charge in [-0.05, 0) is 36.2 Å². The standard InChI is InChI=1S/C18H17ClN4OS/c1-12(13-6-8-15(19)9-7-13)22-17(24)16-5-3-2-4-14(16)10-25-18-20-11-21-23-18/h2-9,11-12H,10H2,1H3,(H,22,24)(H,20,21,23). The second kappa shape index (κ2) is 8.18. The van der Waals surface area contributed by atoms with Crippen LogP contribution < -0.4 is 5.32 Å². The fourth-order valence-corrected chi connectivity index (χ4v) is 3.30. The third-order valence-electron chi connectivity index (χ3n) is 3.74. The average molecular weight is 373 g/mol. The Balaban J connectivity index is 1.70. The van der Waals surface area contributed by atoms with E-state index in [2.05, 4.69) is 20.5 Å². The number of nitrogens with one attached hydrogen (secondary N) is 2. The van der Waals surface area contributed by atoms with Crippen molar-refractivity contribution in [1.82, 2.24) is 20.5 Å². The van der Waals surface area contributed by atoms with Crippen LogP contribution in [0.1, 0.15) is 34.5 Å². The van der Waals surface area contributed by atoms with E-state index in [1.165, 1.54) is 18.1 Å². The SMILES string of the molecule is CC(NC(=O)c1ccccc1CSc1ncn[nH]1)c1ccc(Cl)cc1. The number of amides is 1. The Bertz CT molecular complexity index is 837. The molecule has 0 radical (unpaired) electrons. The molecule has 1 unspecified atom stereocenters. The molecule has 7 heteroatoms. The van der Waals surface area contributed by atoms with E-state index in [-0.39, 0.29) is 11.9 Å². The van der Waals surface area contributed by atoms with E-state index in [0.29, 0.717) is 16.3 Å². The van der Waals surface area contributed by atoms with Crippen LogP contribution in [0.15, 0.2) is 60.0 Å². The number of H-pyrrole nitrogens is 1. The Labute approximate surface area is 155 Å². The summed E-state index contributed by atoms with van der Waals surface area (Å²) in [4.78, 5) is 16.8. The molecular formula is C18H17ClN4OS. The number of hydrogen-bond acceptors (Lipinski definition) is 4. The van der Waals surface area contributed by atoms with Crippen LogP contribution >= 0.6 is 23.4 Å². The first kappa shape index (κ1) is 17.5. The van der Waals surface area contributed by atoms with Crippen LogP contribution in [0.4, 0.5) is 0 Å². The molecule has 0 aliphatic carbocycles. The molecule has 3 aromatic rings. The summed E-state index contributed by atoms with van der Waals surface area (Å²) in [6.45, 7) is 1.95. The van der Waals surface area contributed by atoms with E-state index >= 15 is 0 Å². The number of halogens is 1. The second-order valence-corrected chi connectivity index (χ2v) is 6.88. The fourth-order valence-electron chi connectivity index (χ4n) is 2.39. The summed E-state index contributed by atoms with van der Waals surface area (Å²) in [7, 11) is 0. The van der Waals surface area contributed by atoms with Crippen LogP contribution in [0.3, 0.4) is 0 Å². The lowest BCUT2D eigenvalue weighted by atomic mass is 10.1. The summed E-state index contributed by atoms with van der Waals surface area (Å²) in [6.07, 6.45) is 1.47. The monoisotopic (exact) mass is 372 g/mol. The summed E-state index contributed by atoms with van der Waals surface area (Å²) in [5.74, 6) is 0.532. The van der Waals surface area contributed by atoms with Crippen molar-refractivity contribution in [2.45, 2.75) is 23.9 Å². The highest BCUT2D eigenvalue weighted by atomic mass is 35.5. The summed E-state index contributed by atoms with van der Waals surface area (Å²) in [5, 5.41) is 11.1. The minimum Gasteiger partial charge on any atom is -0.346 e. The smallest absolute Gasteiger partial charge is 0.252 e. The van der Waals surface area contributed by atoms with Crippen molar-refractivity contribution >= 4 is 29.3 Å². The lowest BCUT2D eigenvalue weighted by Crippen LogP contribution is -2.27. The van der Waals surface area contributed by atoms with E-state index in [0.717, 1.165) is 16.3 Å². The topological polar surface area (TPSA) is 70.7 Å². The molecule has 0 fully saturated rings. The van der Waals surface area contributed by atoms with Crippen LogP contribution in [-0.4, -0.2) is 21.1 Å². The average Bonchev–Trinajstić information content (AvgIpc) is 3.14. The van der Waals surface area contributed by atoms with Gasteiger partial charge in [-0.1, -0.05) is 53.7 Å². The molecule has 1 heterocycles. The molecule has 3 rings (SSSR count). The number of thioether (sulfide) groups is 1. The molecule has 0 spiro atoms.